The number of amides is 4. The average molecular weight is 1020 g/mol. The van der Waals surface area contributed by atoms with Crippen molar-refractivity contribution in [2.75, 3.05) is 32.2 Å². The number of rotatable bonds is 12. The zero-order chi connectivity index (χ0) is 50.8. The van der Waals surface area contributed by atoms with Gasteiger partial charge >= 0.3 is 12.2 Å². The largest absolute Gasteiger partial charge is 0.465 e. The normalized spacial score (nSPS) is 25.2. The van der Waals surface area contributed by atoms with Crippen molar-refractivity contribution < 1.29 is 42.5 Å². The van der Waals surface area contributed by atoms with Crippen molar-refractivity contribution in [2.45, 2.75) is 140 Å². The second-order valence-corrected chi connectivity index (χ2v) is 22.0. The molecule has 6 aliphatic rings. The van der Waals surface area contributed by atoms with Crippen LogP contribution < -0.4 is 20.3 Å². The third-order valence-corrected chi connectivity index (χ3v) is 16.8. The van der Waals surface area contributed by atoms with Gasteiger partial charge in [0.15, 0.2) is 0 Å². The maximum atomic E-state index is 17.0. The lowest BCUT2D eigenvalue weighted by Crippen LogP contribution is -2.54. The van der Waals surface area contributed by atoms with Crippen LogP contribution in [0.1, 0.15) is 142 Å². The van der Waals surface area contributed by atoms with Crippen LogP contribution in [0.3, 0.4) is 0 Å². The van der Waals surface area contributed by atoms with Crippen LogP contribution in [0.5, 0.6) is 5.75 Å². The molecule has 4 fully saturated rings. The van der Waals surface area contributed by atoms with Crippen molar-refractivity contribution in [3.63, 3.8) is 0 Å². The van der Waals surface area contributed by atoms with Gasteiger partial charge in [-0.3, -0.25) is 9.59 Å². The topological polar surface area (TPSA) is 209 Å². The van der Waals surface area contributed by atoms with Gasteiger partial charge in [-0.2, -0.15) is 0 Å². The quantitative estimate of drug-likeness (QED) is 0.0925. The summed E-state index contributed by atoms with van der Waals surface area (Å²) in [6.07, 6.45) is 10.4. The van der Waals surface area contributed by atoms with Crippen LogP contribution in [-0.2, 0) is 30.2 Å². The monoisotopic (exact) mass is 1020 g/mol. The minimum atomic E-state index is -0.770. The van der Waals surface area contributed by atoms with Gasteiger partial charge in [-0.15, -0.1) is 11.3 Å². The number of aromatic nitrogens is 5. The lowest BCUT2D eigenvalue weighted by atomic mass is 9.85. The molecule has 4 N–H and O–H groups in total. The van der Waals surface area contributed by atoms with Gasteiger partial charge in [0.25, 0.3) is 0 Å². The molecule has 20 heteroatoms. The first kappa shape index (κ1) is 48.7. The molecule has 8 atom stereocenters. The van der Waals surface area contributed by atoms with Gasteiger partial charge in [0.1, 0.15) is 35.3 Å². The number of fused-ring (bicyclic) bond motifs is 5. The molecule has 5 aliphatic heterocycles. The van der Waals surface area contributed by atoms with E-state index in [1.165, 1.54) is 20.3 Å². The van der Waals surface area contributed by atoms with E-state index >= 15 is 4.39 Å². The summed E-state index contributed by atoms with van der Waals surface area (Å²) < 4.78 is 39.7. The highest BCUT2D eigenvalue weighted by atomic mass is 32.1. The first-order chi connectivity index (χ1) is 35.3. The van der Waals surface area contributed by atoms with Crippen molar-refractivity contribution in [3.05, 3.63) is 87.4 Å². The molecule has 8 heterocycles. The Morgan fingerprint density at radius 2 is 1.44 bits per heavy atom. The van der Waals surface area contributed by atoms with Gasteiger partial charge in [-0.1, -0.05) is 19.9 Å². The number of thiazole rings is 1. The van der Waals surface area contributed by atoms with Crippen LogP contribution >= 0.6 is 11.3 Å². The highest BCUT2D eigenvalue weighted by molar-refractivity contribution is 7.11. The average Bonchev–Trinajstić information content (AvgIpc) is 4.10. The number of benzene rings is 2. The predicted octanol–water partition coefficient (Wildman–Crippen LogP) is 8.77. The third-order valence-electron chi connectivity index (χ3n) is 15.6. The van der Waals surface area contributed by atoms with Crippen molar-refractivity contribution >= 4 is 41.0 Å². The van der Waals surface area contributed by atoms with Crippen LogP contribution in [0.15, 0.2) is 48.9 Å². The molecule has 18 nitrogen and oxygen atoms in total. The predicted molar refractivity (Wildman–Crippen MR) is 268 cm³/mol. The van der Waals surface area contributed by atoms with E-state index in [-0.39, 0.29) is 54.0 Å². The summed E-state index contributed by atoms with van der Waals surface area (Å²) in [5, 5.41) is 6.65. The molecular weight excluding hydrogens is 956 g/mol. The zero-order valence-corrected chi connectivity index (χ0v) is 42.8. The Balaban J connectivity index is 0.863. The van der Waals surface area contributed by atoms with Gasteiger partial charge < -0.3 is 54.2 Å². The minimum absolute atomic E-state index is 0.0480. The zero-order valence-electron chi connectivity index (χ0n) is 42.0. The number of nitrogens with one attached hydrogen (secondary N) is 4. The Labute approximate surface area is 427 Å². The number of alkyl carbamates (subject to hydrolysis) is 2. The molecule has 0 spiro atoms. The van der Waals surface area contributed by atoms with Gasteiger partial charge in [0.05, 0.1) is 83.8 Å². The molecule has 0 radical (unpaired) electrons. The fourth-order valence-corrected chi connectivity index (χ4v) is 13.1. The van der Waals surface area contributed by atoms with E-state index in [0.717, 1.165) is 64.5 Å². The van der Waals surface area contributed by atoms with Crippen molar-refractivity contribution in [1.82, 2.24) is 45.4 Å². The first-order valence-electron chi connectivity index (χ1n) is 25.7. The van der Waals surface area contributed by atoms with Crippen molar-refractivity contribution in [2.24, 2.45) is 11.8 Å². The van der Waals surface area contributed by atoms with Gasteiger partial charge in [0.2, 0.25) is 18.0 Å². The molecule has 3 unspecified atom stereocenters. The Bertz CT molecular complexity index is 2910. The van der Waals surface area contributed by atoms with E-state index in [9.17, 15) is 19.2 Å². The summed E-state index contributed by atoms with van der Waals surface area (Å²) in [5.41, 5.74) is 5.28. The highest BCUT2D eigenvalue weighted by Crippen LogP contribution is 2.55. The molecule has 1 aliphatic carbocycles. The maximum absolute atomic E-state index is 17.0. The van der Waals surface area contributed by atoms with Crippen LogP contribution in [0.2, 0.25) is 0 Å². The Hall–Kier alpha value is -6.54. The summed E-state index contributed by atoms with van der Waals surface area (Å²) in [4.78, 5) is 81.1. The number of nitrogens with zero attached hydrogens (tertiary/aromatic N) is 6. The number of carbonyl (C=O) groups is 4. The molecule has 2 aromatic carbocycles. The molecule has 4 amide bonds. The van der Waals surface area contributed by atoms with Crippen molar-refractivity contribution in [1.29, 1.82) is 0 Å². The summed E-state index contributed by atoms with van der Waals surface area (Å²) in [6, 6.07) is 7.08. The number of ether oxygens (including phenoxy) is 4. The lowest BCUT2D eigenvalue weighted by Gasteiger charge is -2.40. The fraction of sp³-hybridized carbons (Fsp3) is 0.528. The summed E-state index contributed by atoms with van der Waals surface area (Å²) >= 11 is 1.65. The fourth-order valence-electron chi connectivity index (χ4n) is 11.9. The Morgan fingerprint density at radius 3 is 2.08 bits per heavy atom. The van der Waals surface area contributed by atoms with Gasteiger partial charge in [-0.05, 0) is 119 Å². The third kappa shape index (κ3) is 9.29. The second kappa shape index (κ2) is 19.7. The Kier molecular flexibility index (Phi) is 13.2. The van der Waals surface area contributed by atoms with Crippen LogP contribution in [0.25, 0.3) is 22.5 Å². The molecule has 0 bridgehead atoms. The molecule has 73 heavy (non-hydrogen) atoms. The SMILES string of the molecule is COC(=O)NC(C(=O)N1CCC[C@H]1c1ncc(-c2ccc3c(c2)CC2c4c(F)cc(-c5cnc([C@@H]6CCCN6C(=O)[C@@H](NC(=O)OC)C(C)C)[nH]5)cc4OC(c4cnc(C5CC5)s4)N32)[nH]1)C1C[C@@H](C)O[C@H](C)C1. The Morgan fingerprint density at radius 1 is 0.795 bits per heavy atom. The molecular formula is C53H63FN10O8S. The van der Waals surface area contributed by atoms with Crippen LogP contribution in [-0.4, -0.2) is 110 Å². The smallest absolute Gasteiger partial charge is 0.407 e. The maximum Gasteiger partial charge on any atom is 0.407 e. The number of H-pyrrole nitrogens is 2. The van der Waals surface area contributed by atoms with Gasteiger partial charge in [-0.25, -0.2) is 28.9 Å². The standard InChI is InChI=1S/C53H63FN10O8S/c1-26(2)44(60-52(67)69-5)49(65)62-15-7-9-38(62)47-56-24-36(59-47)31-20-34(54)43-40-21-32-19-30(13-14-37(32)64(40)51(72-41(43)22-31)42-25-57-48(73-42)29-11-12-29)35-23-55-46(58-35)39-10-8-16-63(39)50(66)45(61-53(68)70-6)33-17-27(3)71-28(4)18-33/h13-14,19-20,22-29,33,38-40,44-45,51H,7-12,15-18,21H2,1-6H3,(H,55,58)(H,56,59)(H,60,67)(H,61,68)/t27-,28-,38+,39+,40?,44+,45?,51?/m1/s1. The minimum Gasteiger partial charge on any atom is -0.465 e. The van der Waals surface area contributed by atoms with Crippen LogP contribution in [0.4, 0.5) is 19.7 Å². The van der Waals surface area contributed by atoms with Gasteiger partial charge in [0, 0.05) is 36.5 Å². The van der Waals surface area contributed by atoms with E-state index < -0.39 is 36.3 Å². The number of hydrogen-bond acceptors (Lipinski definition) is 13. The molecule has 3 saturated heterocycles. The molecule has 1 saturated carbocycles. The highest BCUT2D eigenvalue weighted by Gasteiger charge is 2.46. The molecule has 11 rings (SSSR count). The summed E-state index contributed by atoms with van der Waals surface area (Å²) in [5.74, 6) is 1.09. The number of likely N-dealkylation sites (tertiary alicyclic amines) is 2. The number of methoxy groups -OCH3 is 2. The van der Waals surface area contributed by atoms with Crippen molar-refractivity contribution in [3.8, 4) is 28.3 Å². The number of hydrogen-bond donors (Lipinski definition) is 4. The lowest BCUT2D eigenvalue weighted by molar-refractivity contribution is -0.138. The van der Waals surface area contributed by atoms with E-state index in [1.54, 1.807) is 28.6 Å². The van der Waals surface area contributed by atoms with E-state index in [1.807, 2.05) is 50.9 Å². The van der Waals surface area contributed by atoms with Crippen LogP contribution in [0, 0.1) is 17.7 Å². The van der Waals surface area contributed by atoms with E-state index in [4.69, 9.17) is 33.9 Å². The molecule has 3 aromatic heterocycles. The number of aromatic amines is 2. The number of carbonyl (C=O) groups excluding carboxylic acids is 4. The number of halogens is 1. The van der Waals surface area contributed by atoms with E-state index in [0.29, 0.717) is 78.9 Å². The first-order valence-corrected chi connectivity index (χ1v) is 26.5. The molecule has 5 aromatic rings. The van der Waals surface area contributed by atoms with E-state index in [2.05, 4.69) is 37.6 Å². The second-order valence-electron chi connectivity index (χ2n) is 20.9. The number of imidazole rings is 2. The number of anilines is 1. The summed E-state index contributed by atoms with van der Waals surface area (Å²) in [7, 11) is 2.58. The molecule has 386 valence electrons. The summed E-state index contributed by atoms with van der Waals surface area (Å²) in [6.45, 7) is 8.79.